The van der Waals surface area contributed by atoms with Crippen molar-refractivity contribution in [1.82, 2.24) is 4.72 Å². The van der Waals surface area contributed by atoms with Crippen LogP contribution in [-0.2, 0) is 4.74 Å². The van der Waals surface area contributed by atoms with Crippen molar-refractivity contribution in [1.29, 1.82) is 0 Å². The van der Waals surface area contributed by atoms with Gasteiger partial charge < -0.3 is 4.74 Å². The van der Waals surface area contributed by atoms with Crippen LogP contribution in [0.3, 0.4) is 0 Å². The molecule has 0 amide bonds. The summed E-state index contributed by atoms with van der Waals surface area (Å²) >= 11 is 7.34. The SMILES string of the molecule is CC(C)OC1=Nc2ccc(Cl)cc2SN1. The number of benzene rings is 1. The molecule has 0 radical (unpaired) electrons. The number of halogens is 1. The van der Waals surface area contributed by atoms with Gasteiger partial charge in [-0.25, -0.2) is 0 Å². The summed E-state index contributed by atoms with van der Waals surface area (Å²) in [5.74, 6) is 0. The fourth-order valence-electron chi connectivity index (χ4n) is 1.17. The predicted molar refractivity (Wildman–Crippen MR) is 63.8 cm³/mol. The van der Waals surface area contributed by atoms with Crippen molar-refractivity contribution in [2.45, 2.75) is 24.8 Å². The summed E-state index contributed by atoms with van der Waals surface area (Å²) < 4.78 is 8.48. The second-order valence-corrected chi connectivity index (χ2v) is 4.68. The Balaban J connectivity index is 2.25. The molecule has 1 aliphatic rings. The Labute approximate surface area is 98.0 Å². The topological polar surface area (TPSA) is 33.6 Å². The zero-order valence-corrected chi connectivity index (χ0v) is 10.0. The van der Waals surface area contributed by atoms with E-state index < -0.39 is 0 Å². The van der Waals surface area contributed by atoms with Crippen molar-refractivity contribution >= 4 is 35.3 Å². The second-order valence-electron chi connectivity index (χ2n) is 3.40. The van der Waals surface area contributed by atoms with E-state index in [2.05, 4.69) is 9.71 Å². The Kier molecular flexibility index (Phi) is 3.07. The zero-order chi connectivity index (χ0) is 10.8. The van der Waals surface area contributed by atoms with Gasteiger partial charge in [0, 0.05) is 5.02 Å². The lowest BCUT2D eigenvalue weighted by molar-refractivity contribution is 0.222. The Morgan fingerprint density at radius 1 is 1.47 bits per heavy atom. The fourth-order valence-corrected chi connectivity index (χ4v) is 2.10. The summed E-state index contributed by atoms with van der Waals surface area (Å²) in [4.78, 5) is 5.34. The Bertz CT molecular complexity index is 406. The van der Waals surface area contributed by atoms with Gasteiger partial charge in [0.15, 0.2) is 0 Å². The van der Waals surface area contributed by atoms with Crippen LogP contribution in [0.1, 0.15) is 13.8 Å². The fraction of sp³-hybridized carbons (Fsp3) is 0.300. The molecule has 1 heterocycles. The minimum absolute atomic E-state index is 0.116. The summed E-state index contributed by atoms with van der Waals surface area (Å²) in [5, 5.41) is 0.714. The van der Waals surface area contributed by atoms with Crippen LogP contribution in [0.4, 0.5) is 5.69 Å². The first-order chi connectivity index (χ1) is 7.15. The van der Waals surface area contributed by atoms with Crippen LogP contribution in [0.15, 0.2) is 28.1 Å². The van der Waals surface area contributed by atoms with Gasteiger partial charge in [-0.15, -0.1) is 0 Å². The molecule has 1 N–H and O–H groups in total. The van der Waals surface area contributed by atoms with Gasteiger partial charge in [-0.2, -0.15) is 4.99 Å². The zero-order valence-electron chi connectivity index (χ0n) is 8.45. The van der Waals surface area contributed by atoms with Crippen LogP contribution in [0.5, 0.6) is 0 Å². The highest BCUT2D eigenvalue weighted by Crippen LogP contribution is 2.33. The lowest BCUT2D eigenvalue weighted by atomic mass is 10.3. The molecule has 1 aromatic rings. The van der Waals surface area contributed by atoms with Gasteiger partial charge in [0.25, 0.3) is 0 Å². The molecule has 0 saturated carbocycles. The standard InChI is InChI=1S/C10H11ClN2OS/c1-6(2)14-10-12-8-4-3-7(11)5-9(8)15-13-10/h3-6H,1-2H3,(H,12,13). The first-order valence-electron chi connectivity index (χ1n) is 4.63. The quantitative estimate of drug-likeness (QED) is 0.767. The molecule has 0 aromatic heterocycles. The van der Waals surface area contributed by atoms with Crippen LogP contribution in [0.25, 0.3) is 0 Å². The van der Waals surface area contributed by atoms with Crippen LogP contribution >= 0.6 is 23.5 Å². The predicted octanol–water partition coefficient (Wildman–Crippen LogP) is 3.36. The Hall–Kier alpha value is -0.870. The summed E-state index contributed by atoms with van der Waals surface area (Å²) in [6, 6.07) is 6.13. The summed E-state index contributed by atoms with van der Waals surface area (Å²) in [6.07, 6.45) is 0.116. The van der Waals surface area contributed by atoms with Gasteiger partial charge in [0.2, 0.25) is 0 Å². The Morgan fingerprint density at radius 3 is 3.00 bits per heavy atom. The molecule has 0 fully saturated rings. The van der Waals surface area contributed by atoms with Gasteiger partial charge in [-0.1, -0.05) is 11.6 Å². The molecular formula is C10H11ClN2OS. The van der Waals surface area contributed by atoms with Crippen LogP contribution in [-0.4, -0.2) is 12.1 Å². The van der Waals surface area contributed by atoms with Crippen molar-refractivity contribution in [2.75, 3.05) is 0 Å². The maximum Gasteiger partial charge on any atom is 0.300 e. The summed E-state index contributed by atoms with van der Waals surface area (Å²) in [5.41, 5.74) is 0.888. The van der Waals surface area contributed by atoms with Gasteiger partial charge in [0.05, 0.1) is 16.7 Å². The molecule has 0 saturated heterocycles. The smallest absolute Gasteiger partial charge is 0.300 e. The lowest BCUT2D eigenvalue weighted by Crippen LogP contribution is -2.24. The van der Waals surface area contributed by atoms with E-state index in [1.165, 1.54) is 11.9 Å². The van der Waals surface area contributed by atoms with E-state index in [-0.39, 0.29) is 6.10 Å². The minimum atomic E-state index is 0.116. The van der Waals surface area contributed by atoms with Crippen molar-refractivity contribution < 1.29 is 4.74 Å². The highest BCUT2D eigenvalue weighted by Gasteiger charge is 2.14. The number of fused-ring (bicyclic) bond motifs is 1. The summed E-state index contributed by atoms with van der Waals surface area (Å²) in [7, 11) is 0. The third-order valence-electron chi connectivity index (χ3n) is 1.74. The third-order valence-corrected chi connectivity index (χ3v) is 2.80. The van der Waals surface area contributed by atoms with E-state index in [4.69, 9.17) is 16.3 Å². The third kappa shape index (κ3) is 2.58. The highest BCUT2D eigenvalue weighted by atomic mass is 35.5. The number of hydrogen-bond donors (Lipinski definition) is 1. The Morgan fingerprint density at radius 2 is 2.27 bits per heavy atom. The molecule has 1 aliphatic heterocycles. The first kappa shape index (κ1) is 10.6. The molecule has 0 unspecified atom stereocenters. The minimum Gasteiger partial charge on any atom is -0.462 e. The van der Waals surface area contributed by atoms with Crippen molar-refractivity contribution in [2.24, 2.45) is 4.99 Å². The van der Waals surface area contributed by atoms with E-state index in [0.717, 1.165) is 10.6 Å². The van der Waals surface area contributed by atoms with Crippen LogP contribution in [0, 0.1) is 0 Å². The number of hydrogen-bond acceptors (Lipinski definition) is 4. The molecule has 0 atom stereocenters. The average molecular weight is 243 g/mol. The van der Waals surface area contributed by atoms with Crippen molar-refractivity contribution in [3.8, 4) is 0 Å². The van der Waals surface area contributed by atoms with Gasteiger partial charge in [-0.05, 0) is 44.0 Å². The molecule has 2 rings (SSSR count). The first-order valence-corrected chi connectivity index (χ1v) is 5.82. The molecular weight excluding hydrogens is 232 g/mol. The molecule has 15 heavy (non-hydrogen) atoms. The number of amidine groups is 1. The molecule has 3 nitrogen and oxygen atoms in total. The van der Waals surface area contributed by atoms with E-state index in [0.29, 0.717) is 11.0 Å². The summed E-state index contributed by atoms with van der Waals surface area (Å²) in [6.45, 7) is 3.93. The highest BCUT2D eigenvalue weighted by molar-refractivity contribution is 7.98. The van der Waals surface area contributed by atoms with Crippen molar-refractivity contribution in [3.05, 3.63) is 23.2 Å². The number of nitrogens with one attached hydrogen (secondary N) is 1. The molecule has 80 valence electrons. The lowest BCUT2D eigenvalue weighted by Gasteiger charge is -2.18. The van der Waals surface area contributed by atoms with Crippen LogP contribution in [0.2, 0.25) is 5.02 Å². The normalized spacial score (nSPS) is 14.3. The van der Waals surface area contributed by atoms with Gasteiger partial charge in [0.1, 0.15) is 0 Å². The van der Waals surface area contributed by atoms with Crippen LogP contribution < -0.4 is 4.72 Å². The molecule has 0 spiro atoms. The van der Waals surface area contributed by atoms with Gasteiger partial charge in [-0.3, -0.25) is 4.72 Å². The molecule has 1 aromatic carbocycles. The maximum absolute atomic E-state index is 5.88. The molecule has 0 bridgehead atoms. The number of aliphatic imine (C=N–C) groups is 1. The second kappa shape index (κ2) is 4.33. The number of rotatable bonds is 1. The van der Waals surface area contributed by atoms with E-state index in [1.54, 1.807) is 0 Å². The maximum atomic E-state index is 5.88. The molecule has 0 aliphatic carbocycles. The van der Waals surface area contributed by atoms with Gasteiger partial charge >= 0.3 is 6.02 Å². The average Bonchev–Trinajstić information content (AvgIpc) is 2.17. The number of ether oxygens (including phenoxy) is 1. The van der Waals surface area contributed by atoms with E-state index in [1.807, 2.05) is 32.0 Å². The molecule has 5 heteroatoms. The largest absolute Gasteiger partial charge is 0.462 e. The van der Waals surface area contributed by atoms with E-state index in [9.17, 15) is 0 Å². The van der Waals surface area contributed by atoms with E-state index >= 15 is 0 Å². The monoisotopic (exact) mass is 242 g/mol. The van der Waals surface area contributed by atoms with Crippen molar-refractivity contribution in [3.63, 3.8) is 0 Å². The number of nitrogens with zero attached hydrogens (tertiary/aromatic N) is 1.